The molecule has 0 fully saturated rings. The summed E-state index contributed by atoms with van der Waals surface area (Å²) in [7, 11) is 0. The molecule has 0 bridgehead atoms. The molecule has 1 aliphatic rings. The molecule has 1 rings (SSSR count). The first-order chi connectivity index (χ1) is 7.36. The average molecular weight is 208 g/mol. The second kappa shape index (κ2) is 7.96. The zero-order valence-electron chi connectivity index (χ0n) is 10.7. The van der Waals surface area contributed by atoms with Crippen molar-refractivity contribution in [2.75, 3.05) is 0 Å². The molecule has 0 saturated heterocycles. The Hall–Kier alpha value is -0.260. The number of hydrogen-bond donors (Lipinski definition) is 0. The van der Waals surface area contributed by atoms with Gasteiger partial charge in [0.2, 0.25) is 0 Å². The van der Waals surface area contributed by atoms with E-state index in [1.54, 1.807) is 5.57 Å². The third-order valence-electron chi connectivity index (χ3n) is 3.66. The largest absolute Gasteiger partial charge is 0.0851 e. The van der Waals surface area contributed by atoms with E-state index in [0.717, 1.165) is 5.92 Å². The average Bonchev–Trinajstić information content (AvgIpc) is 2.27. The second-order valence-corrected chi connectivity index (χ2v) is 5.10. The molecule has 15 heavy (non-hydrogen) atoms. The van der Waals surface area contributed by atoms with Gasteiger partial charge in [-0.2, -0.15) is 0 Å². The summed E-state index contributed by atoms with van der Waals surface area (Å²) in [6, 6.07) is 0. The monoisotopic (exact) mass is 208 g/mol. The molecule has 0 heterocycles. The zero-order chi connectivity index (χ0) is 10.9. The number of rotatable bonds is 7. The van der Waals surface area contributed by atoms with E-state index in [1.165, 1.54) is 64.2 Å². The van der Waals surface area contributed by atoms with Gasteiger partial charge in [0.1, 0.15) is 0 Å². The van der Waals surface area contributed by atoms with Crippen molar-refractivity contribution in [1.29, 1.82) is 0 Å². The van der Waals surface area contributed by atoms with E-state index in [2.05, 4.69) is 19.9 Å². The standard InChI is InChI=1S/C15H28/c1-3-5-6-7-9-15-12-10-14(8-4-2)11-13-15/h12,14H,3-11,13H2,1-2H3/t14-/m1/s1. The van der Waals surface area contributed by atoms with Crippen LogP contribution in [0.25, 0.3) is 0 Å². The van der Waals surface area contributed by atoms with E-state index in [4.69, 9.17) is 0 Å². The van der Waals surface area contributed by atoms with Gasteiger partial charge in [-0.1, -0.05) is 57.6 Å². The van der Waals surface area contributed by atoms with Gasteiger partial charge in [-0.05, 0) is 38.0 Å². The minimum absolute atomic E-state index is 1.01. The van der Waals surface area contributed by atoms with E-state index < -0.39 is 0 Å². The maximum absolute atomic E-state index is 2.55. The summed E-state index contributed by atoms with van der Waals surface area (Å²) in [6.45, 7) is 4.60. The molecule has 0 aromatic rings. The number of hydrogen-bond acceptors (Lipinski definition) is 0. The van der Waals surface area contributed by atoms with Crippen molar-refractivity contribution in [2.45, 2.75) is 78.1 Å². The smallest absolute Gasteiger partial charge is 0.0318 e. The van der Waals surface area contributed by atoms with E-state index in [1.807, 2.05) is 0 Å². The predicted octanol–water partition coefficient (Wildman–Crippen LogP) is 5.48. The summed E-state index contributed by atoms with van der Waals surface area (Å²) in [5.41, 5.74) is 1.76. The highest BCUT2D eigenvalue weighted by molar-refractivity contribution is 5.06. The Labute approximate surface area is 96.2 Å². The van der Waals surface area contributed by atoms with Crippen molar-refractivity contribution in [3.05, 3.63) is 11.6 Å². The Morgan fingerprint density at radius 1 is 1.13 bits per heavy atom. The Balaban J connectivity index is 2.11. The first-order valence-corrected chi connectivity index (χ1v) is 7.04. The first kappa shape index (κ1) is 12.8. The summed E-state index contributed by atoms with van der Waals surface area (Å²) in [5.74, 6) is 1.01. The van der Waals surface area contributed by atoms with E-state index in [9.17, 15) is 0 Å². The van der Waals surface area contributed by atoms with E-state index in [0.29, 0.717) is 0 Å². The molecule has 1 aliphatic carbocycles. The van der Waals surface area contributed by atoms with E-state index >= 15 is 0 Å². The lowest BCUT2D eigenvalue weighted by Gasteiger charge is -2.21. The molecule has 0 N–H and O–H groups in total. The molecule has 0 spiro atoms. The van der Waals surface area contributed by atoms with Crippen LogP contribution in [0.2, 0.25) is 0 Å². The molecule has 1 atom stereocenters. The fourth-order valence-corrected chi connectivity index (χ4v) is 2.62. The molecular formula is C15H28. The third kappa shape index (κ3) is 5.39. The molecule has 0 unspecified atom stereocenters. The van der Waals surface area contributed by atoms with Crippen molar-refractivity contribution in [2.24, 2.45) is 5.92 Å². The quantitative estimate of drug-likeness (QED) is 0.384. The Morgan fingerprint density at radius 2 is 2.00 bits per heavy atom. The SMILES string of the molecule is CCCCCCC1=CC[C@@H](CCC)CC1. The van der Waals surface area contributed by atoms with Gasteiger partial charge in [-0.3, -0.25) is 0 Å². The third-order valence-corrected chi connectivity index (χ3v) is 3.66. The van der Waals surface area contributed by atoms with Crippen molar-refractivity contribution in [1.82, 2.24) is 0 Å². The van der Waals surface area contributed by atoms with Gasteiger partial charge >= 0.3 is 0 Å². The lowest BCUT2D eigenvalue weighted by molar-refractivity contribution is 0.426. The summed E-state index contributed by atoms with van der Waals surface area (Å²) < 4.78 is 0. The summed E-state index contributed by atoms with van der Waals surface area (Å²) in [6.07, 6.45) is 16.6. The van der Waals surface area contributed by atoms with Crippen molar-refractivity contribution in [3.63, 3.8) is 0 Å². The first-order valence-electron chi connectivity index (χ1n) is 7.04. The molecule has 0 aliphatic heterocycles. The minimum Gasteiger partial charge on any atom is -0.0851 e. The molecule has 0 aromatic heterocycles. The minimum atomic E-state index is 1.01. The normalized spacial score (nSPS) is 21.5. The molecule has 0 amide bonds. The van der Waals surface area contributed by atoms with Crippen LogP contribution in [0.5, 0.6) is 0 Å². The van der Waals surface area contributed by atoms with Crippen LogP contribution in [0.15, 0.2) is 11.6 Å². The highest BCUT2D eigenvalue weighted by atomic mass is 14.2. The zero-order valence-corrected chi connectivity index (χ0v) is 10.7. The Morgan fingerprint density at radius 3 is 2.60 bits per heavy atom. The highest BCUT2D eigenvalue weighted by Crippen LogP contribution is 2.29. The van der Waals surface area contributed by atoms with Crippen LogP contribution in [0, 0.1) is 5.92 Å². The van der Waals surface area contributed by atoms with Crippen molar-refractivity contribution in [3.8, 4) is 0 Å². The lowest BCUT2D eigenvalue weighted by Crippen LogP contribution is -2.05. The lowest BCUT2D eigenvalue weighted by atomic mass is 9.85. The fourth-order valence-electron chi connectivity index (χ4n) is 2.62. The highest BCUT2D eigenvalue weighted by Gasteiger charge is 2.12. The maximum atomic E-state index is 2.55. The molecule has 0 nitrogen and oxygen atoms in total. The van der Waals surface area contributed by atoms with Gasteiger partial charge in [-0.15, -0.1) is 0 Å². The molecule has 0 radical (unpaired) electrons. The van der Waals surface area contributed by atoms with Crippen molar-refractivity contribution < 1.29 is 0 Å². The van der Waals surface area contributed by atoms with Gasteiger partial charge in [-0.25, -0.2) is 0 Å². The summed E-state index contributed by atoms with van der Waals surface area (Å²) in [4.78, 5) is 0. The van der Waals surface area contributed by atoms with Crippen LogP contribution < -0.4 is 0 Å². The van der Waals surface area contributed by atoms with Gasteiger partial charge < -0.3 is 0 Å². The molecule has 0 heteroatoms. The molecular weight excluding hydrogens is 180 g/mol. The fraction of sp³-hybridized carbons (Fsp3) is 0.867. The van der Waals surface area contributed by atoms with Crippen LogP contribution in [0.1, 0.15) is 78.1 Å². The Bertz CT molecular complexity index is 178. The maximum Gasteiger partial charge on any atom is -0.0318 e. The summed E-state index contributed by atoms with van der Waals surface area (Å²) >= 11 is 0. The van der Waals surface area contributed by atoms with Gasteiger partial charge in [0.15, 0.2) is 0 Å². The molecule has 0 saturated carbocycles. The molecule has 88 valence electrons. The Kier molecular flexibility index (Phi) is 6.80. The van der Waals surface area contributed by atoms with Gasteiger partial charge in [0.05, 0.1) is 0 Å². The van der Waals surface area contributed by atoms with Crippen LogP contribution in [0.4, 0.5) is 0 Å². The number of unbranched alkanes of at least 4 members (excludes halogenated alkanes) is 3. The summed E-state index contributed by atoms with van der Waals surface area (Å²) in [5, 5.41) is 0. The van der Waals surface area contributed by atoms with Gasteiger partial charge in [0.25, 0.3) is 0 Å². The van der Waals surface area contributed by atoms with Gasteiger partial charge in [0, 0.05) is 0 Å². The van der Waals surface area contributed by atoms with Crippen LogP contribution >= 0.6 is 0 Å². The van der Waals surface area contributed by atoms with E-state index in [-0.39, 0.29) is 0 Å². The predicted molar refractivity (Wildman–Crippen MR) is 69.1 cm³/mol. The molecule has 0 aromatic carbocycles. The number of allylic oxidation sites excluding steroid dienone is 2. The van der Waals surface area contributed by atoms with Crippen LogP contribution in [0.3, 0.4) is 0 Å². The van der Waals surface area contributed by atoms with Crippen LogP contribution in [-0.2, 0) is 0 Å². The van der Waals surface area contributed by atoms with Crippen molar-refractivity contribution >= 4 is 0 Å². The van der Waals surface area contributed by atoms with Crippen LogP contribution in [-0.4, -0.2) is 0 Å². The second-order valence-electron chi connectivity index (χ2n) is 5.10. The topological polar surface area (TPSA) is 0 Å².